The molecule has 0 unspecified atom stereocenters. The highest BCUT2D eigenvalue weighted by Gasteiger charge is 2.18. The van der Waals surface area contributed by atoms with Crippen LogP contribution in [0.3, 0.4) is 0 Å². The number of benzene rings is 3. The lowest BCUT2D eigenvalue weighted by Gasteiger charge is -2.11. The molecule has 168 valence electrons. The van der Waals surface area contributed by atoms with Gasteiger partial charge in [0.1, 0.15) is 5.75 Å². The highest BCUT2D eigenvalue weighted by Crippen LogP contribution is 2.19. The van der Waals surface area contributed by atoms with E-state index in [-0.39, 0.29) is 11.3 Å². The third kappa shape index (κ3) is 6.65. The SMILES string of the molecule is CCOc1ccccc1/C=N\NC(=O)C(=O)Nc1ccccc1C(=O)Nc1ccc(Cl)cc1. The van der Waals surface area contributed by atoms with E-state index in [0.717, 1.165) is 0 Å². The minimum atomic E-state index is -0.993. The second kappa shape index (κ2) is 11.4. The first-order valence-corrected chi connectivity index (χ1v) is 10.4. The van der Waals surface area contributed by atoms with E-state index in [0.29, 0.717) is 28.6 Å². The van der Waals surface area contributed by atoms with Gasteiger partial charge in [0.05, 0.1) is 24.1 Å². The van der Waals surface area contributed by atoms with Crippen molar-refractivity contribution >= 4 is 46.9 Å². The summed E-state index contributed by atoms with van der Waals surface area (Å²) in [6.07, 6.45) is 1.38. The predicted molar refractivity (Wildman–Crippen MR) is 128 cm³/mol. The van der Waals surface area contributed by atoms with Crippen LogP contribution in [-0.2, 0) is 9.59 Å². The van der Waals surface area contributed by atoms with Crippen molar-refractivity contribution in [2.75, 3.05) is 17.2 Å². The van der Waals surface area contributed by atoms with Gasteiger partial charge in [-0.3, -0.25) is 14.4 Å². The summed E-state index contributed by atoms with van der Waals surface area (Å²) in [5.41, 5.74) is 3.70. The van der Waals surface area contributed by atoms with Gasteiger partial charge in [-0.15, -0.1) is 0 Å². The fourth-order valence-corrected chi connectivity index (χ4v) is 2.91. The molecular weight excluding hydrogens is 444 g/mol. The first kappa shape index (κ1) is 23.5. The molecular formula is C24H21ClN4O4. The number of carbonyl (C=O) groups excluding carboxylic acids is 3. The Labute approximate surface area is 195 Å². The van der Waals surface area contributed by atoms with Gasteiger partial charge >= 0.3 is 11.8 Å². The Kier molecular flexibility index (Phi) is 8.15. The average molecular weight is 465 g/mol. The normalized spacial score (nSPS) is 10.5. The number of para-hydroxylation sites is 2. The van der Waals surface area contributed by atoms with Gasteiger partial charge in [0.15, 0.2) is 0 Å². The molecule has 0 aliphatic heterocycles. The van der Waals surface area contributed by atoms with Gasteiger partial charge in [-0.05, 0) is 55.5 Å². The van der Waals surface area contributed by atoms with Crippen molar-refractivity contribution in [2.45, 2.75) is 6.92 Å². The van der Waals surface area contributed by atoms with E-state index < -0.39 is 17.7 Å². The molecule has 0 saturated heterocycles. The molecule has 0 aliphatic carbocycles. The molecule has 0 saturated carbocycles. The van der Waals surface area contributed by atoms with Crippen LogP contribution in [0.15, 0.2) is 77.9 Å². The van der Waals surface area contributed by atoms with Crippen molar-refractivity contribution < 1.29 is 19.1 Å². The van der Waals surface area contributed by atoms with Crippen molar-refractivity contribution in [1.29, 1.82) is 0 Å². The van der Waals surface area contributed by atoms with Crippen LogP contribution in [0.4, 0.5) is 11.4 Å². The Morgan fingerprint density at radius 3 is 2.36 bits per heavy atom. The van der Waals surface area contributed by atoms with Gasteiger partial charge in [0.2, 0.25) is 0 Å². The standard InChI is InChI=1S/C24H21ClN4O4/c1-2-33-21-10-6-3-7-16(21)15-26-29-24(32)23(31)28-20-9-5-4-8-19(20)22(30)27-18-13-11-17(25)12-14-18/h3-15H,2H2,1H3,(H,27,30)(H,28,31)(H,29,32)/b26-15-. The lowest BCUT2D eigenvalue weighted by Crippen LogP contribution is -2.33. The summed E-state index contributed by atoms with van der Waals surface area (Å²) < 4.78 is 5.48. The Bertz CT molecular complexity index is 1180. The second-order valence-corrected chi connectivity index (χ2v) is 7.07. The van der Waals surface area contributed by atoms with Gasteiger partial charge in [-0.2, -0.15) is 5.10 Å². The van der Waals surface area contributed by atoms with Gasteiger partial charge in [0.25, 0.3) is 5.91 Å². The van der Waals surface area contributed by atoms with Crippen LogP contribution in [0.2, 0.25) is 5.02 Å². The molecule has 3 aromatic carbocycles. The number of carbonyl (C=O) groups is 3. The van der Waals surface area contributed by atoms with E-state index in [4.69, 9.17) is 16.3 Å². The van der Waals surface area contributed by atoms with Crippen molar-refractivity contribution in [1.82, 2.24) is 5.43 Å². The summed E-state index contributed by atoms with van der Waals surface area (Å²) in [6.45, 7) is 2.33. The molecule has 3 N–H and O–H groups in total. The van der Waals surface area contributed by atoms with Crippen molar-refractivity contribution in [3.8, 4) is 5.75 Å². The van der Waals surface area contributed by atoms with Crippen LogP contribution in [0, 0.1) is 0 Å². The second-order valence-electron chi connectivity index (χ2n) is 6.63. The summed E-state index contributed by atoms with van der Waals surface area (Å²) in [5, 5.41) is 9.50. The smallest absolute Gasteiger partial charge is 0.329 e. The first-order valence-electron chi connectivity index (χ1n) is 10.00. The summed E-state index contributed by atoms with van der Waals surface area (Å²) >= 11 is 5.86. The van der Waals surface area contributed by atoms with E-state index in [9.17, 15) is 14.4 Å². The topological polar surface area (TPSA) is 109 Å². The number of rotatable bonds is 7. The highest BCUT2D eigenvalue weighted by atomic mass is 35.5. The number of halogens is 1. The number of amides is 3. The Balaban J connectivity index is 1.64. The monoisotopic (exact) mass is 464 g/mol. The zero-order chi connectivity index (χ0) is 23.6. The summed E-state index contributed by atoms with van der Waals surface area (Å²) in [6, 6.07) is 20.0. The van der Waals surface area contributed by atoms with Gasteiger partial charge in [-0.25, -0.2) is 5.43 Å². The quantitative estimate of drug-likeness (QED) is 0.278. The zero-order valence-corrected chi connectivity index (χ0v) is 18.4. The van der Waals surface area contributed by atoms with E-state index in [1.165, 1.54) is 18.3 Å². The van der Waals surface area contributed by atoms with E-state index in [1.54, 1.807) is 54.6 Å². The number of hydrogen-bond acceptors (Lipinski definition) is 5. The van der Waals surface area contributed by atoms with Gasteiger partial charge in [-0.1, -0.05) is 35.9 Å². The molecule has 33 heavy (non-hydrogen) atoms. The van der Waals surface area contributed by atoms with Crippen LogP contribution in [0.1, 0.15) is 22.8 Å². The van der Waals surface area contributed by atoms with Crippen LogP contribution in [-0.4, -0.2) is 30.5 Å². The Hall–Kier alpha value is -4.17. The van der Waals surface area contributed by atoms with Crippen LogP contribution < -0.4 is 20.8 Å². The maximum Gasteiger partial charge on any atom is 0.329 e. The van der Waals surface area contributed by atoms with Crippen molar-refractivity contribution in [2.24, 2.45) is 5.10 Å². The molecule has 0 radical (unpaired) electrons. The molecule has 0 bridgehead atoms. The third-order valence-electron chi connectivity index (χ3n) is 4.32. The molecule has 0 fully saturated rings. The maximum absolute atomic E-state index is 12.7. The number of ether oxygens (including phenoxy) is 1. The van der Waals surface area contributed by atoms with E-state index in [2.05, 4.69) is 21.2 Å². The maximum atomic E-state index is 12.7. The van der Waals surface area contributed by atoms with Crippen LogP contribution in [0.5, 0.6) is 5.75 Å². The third-order valence-corrected chi connectivity index (χ3v) is 4.57. The lowest BCUT2D eigenvalue weighted by molar-refractivity contribution is -0.136. The van der Waals surface area contributed by atoms with Crippen molar-refractivity contribution in [3.63, 3.8) is 0 Å². The fourth-order valence-electron chi connectivity index (χ4n) is 2.79. The molecule has 3 amide bonds. The van der Waals surface area contributed by atoms with Crippen LogP contribution in [0.25, 0.3) is 0 Å². The van der Waals surface area contributed by atoms with Crippen molar-refractivity contribution in [3.05, 3.63) is 88.9 Å². The molecule has 3 rings (SSSR count). The molecule has 9 heteroatoms. The van der Waals surface area contributed by atoms with E-state index in [1.807, 2.05) is 13.0 Å². The molecule has 0 spiro atoms. The number of anilines is 2. The number of nitrogens with one attached hydrogen (secondary N) is 3. The molecule has 8 nitrogen and oxygen atoms in total. The lowest BCUT2D eigenvalue weighted by atomic mass is 10.1. The molecule has 0 aromatic heterocycles. The Morgan fingerprint density at radius 1 is 0.909 bits per heavy atom. The molecule has 0 aliphatic rings. The average Bonchev–Trinajstić information content (AvgIpc) is 2.82. The number of nitrogens with zero attached hydrogens (tertiary/aromatic N) is 1. The highest BCUT2D eigenvalue weighted by molar-refractivity contribution is 6.40. The summed E-state index contributed by atoms with van der Waals surface area (Å²) in [4.78, 5) is 37.2. The first-order chi connectivity index (χ1) is 16.0. The molecule has 0 heterocycles. The van der Waals surface area contributed by atoms with Crippen LogP contribution >= 0.6 is 11.6 Å². The summed E-state index contributed by atoms with van der Waals surface area (Å²) in [7, 11) is 0. The van der Waals surface area contributed by atoms with E-state index >= 15 is 0 Å². The number of hydrazone groups is 1. The van der Waals surface area contributed by atoms with Gasteiger partial charge in [0, 0.05) is 16.3 Å². The largest absolute Gasteiger partial charge is 0.493 e. The van der Waals surface area contributed by atoms with Gasteiger partial charge < -0.3 is 15.4 Å². The Morgan fingerprint density at radius 2 is 1.61 bits per heavy atom. The number of hydrogen-bond donors (Lipinski definition) is 3. The minimum absolute atomic E-state index is 0.176. The zero-order valence-electron chi connectivity index (χ0n) is 17.7. The molecule has 0 atom stereocenters. The fraction of sp³-hybridized carbons (Fsp3) is 0.0833. The summed E-state index contributed by atoms with van der Waals surface area (Å²) in [5.74, 6) is -1.83. The predicted octanol–water partition coefficient (Wildman–Crippen LogP) is 4.08. The molecule has 3 aromatic rings. The minimum Gasteiger partial charge on any atom is -0.493 e.